The number of hydrogen-bond donors (Lipinski definition) is 1. The number of hydrazone groups is 1. The highest BCUT2D eigenvalue weighted by Crippen LogP contribution is 2.18. The Balaban J connectivity index is 2.94. The van der Waals surface area contributed by atoms with Crippen molar-refractivity contribution >= 4 is 12.4 Å². The summed E-state index contributed by atoms with van der Waals surface area (Å²) in [6.07, 6.45) is 0. The van der Waals surface area contributed by atoms with E-state index in [2.05, 4.69) is 18.4 Å². The zero-order chi connectivity index (χ0) is 11.3. The lowest BCUT2D eigenvalue weighted by Crippen LogP contribution is -2.13. The van der Waals surface area contributed by atoms with Gasteiger partial charge >= 0.3 is 0 Å². The molecule has 0 heterocycles. The van der Waals surface area contributed by atoms with Gasteiger partial charge in [-0.05, 0) is 24.1 Å². The smallest absolute Gasteiger partial charge is 0.0594 e. The van der Waals surface area contributed by atoms with Crippen molar-refractivity contribution in [2.75, 3.05) is 6.54 Å². The van der Waals surface area contributed by atoms with Crippen LogP contribution in [0, 0.1) is 0 Å². The first kappa shape index (κ1) is 11.5. The molecule has 0 amide bonds. The Hall–Kier alpha value is -1.61. The van der Waals surface area contributed by atoms with Crippen molar-refractivity contribution in [1.82, 2.24) is 5.01 Å². The van der Waals surface area contributed by atoms with Gasteiger partial charge in [0.25, 0.3) is 0 Å². The van der Waals surface area contributed by atoms with Gasteiger partial charge in [0, 0.05) is 19.8 Å². The lowest BCUT2D eigenvalue weighted by Gasteiger charge is -2.19. The normalized spacial score (nSPS) is 9.73. The molecule has 0 saturated heterocycles. The van der Waals surface area contributed by atoms with Crippen LogP contribution in [0.1, 0.15) is 18.1 Å². The van der Waals surface area contributed by atoms with Crippen LogP contribution in [-0.4, -0.2) is 18.3 Å². The molecule has 0 aliphatic carbocycles. The Kier molecular flexibility index (Phi) is 4.06. The summed E-state index contributed by atoms with van der Waals surface area (Å²) < 4.78 is 0. The molecule has 2 N–H and O–H groups in total. The van der Waals surface area contributed by atoms with Crippen LogP contribution in [0.3, 0.4) is 0 Å². The molecule has 1 rings (SSSR count). The average Bonchev–Trinajstić information content (AvgIpc) is 2.30. The number of nitrogens with zero attached hydrogens (tertiary/aromatic N) is 2. The molecule has 0 unspecified atom stereocenters. The fraction of sp³-hybridized carbons (Fsp3) is 0.250. The standard InChI is InChI=1S/C12H17N3/c1-4-15(14-3)10(2)12-7-5-6-11(8-12)9-13/h5-8H,2-4,9,13H2,1H3. The maximum atomic E-state index is 5.58. The molecule has 0 spiro atoms. The van der Waals surface area contributed by atoms with E-state index < -0.39 is 0 Å². The Morgan fingerprint density at radius 1 is 1.53 bits per heavy atom. The van der Waals surface area contributed by atoms with Crippen molar-refractivity contribution < 1.29 is 0 Å². The summed E-state index contributed by atoms with van der Waals surface area (Å²) in [5, 5.41) is 5.65. The Labute approximate surface area is 90.9 Å². The Morgan fingerprint density at radius 3 is 2.80 bits per heavy atom. The molecule has 80 valence electrons. The van der Waals surface area contributed by atoms with Crippen LogP contribution in [-0.2, 0) is 6.54 Å². The zero-order valence-electron chi connectivity index (χ0n) is 9.11. The van der Waals surface area contributed by atoms with Gasteiger partial charge in [-0.3, -0.25) is 5.01 Å². The Morgan fingerprint density at radius 2 is 2.27 bits per heavy atom. The molecule has 1 aromatic rings. The minimum absolute atomic E-state index is 0.536. The monoisotopic (exact) mass is 203 g/mol. The summed E-state index contributed by atoms with van der Waals surface area (Å²) >= 11 is 0. The van der Waals surface area contributed by atoms with E-state index >= 15 is 0 Å². The molecule has 0 atom stereocenters. The van der Waals surface area contributed by atoms with Crippen LogP contribution in [0.15, 0.2) is 35.9 Å². The molecule has 3 nitrogen and oxygen atoms in total. The fourth-order valence-corrected chi connectivity index (χ4v) is 1.40. The van der Waals surface area contributed by atoms with Crippen molar-refractivity contribution in [2.24, 2.45) is 10.8 Å². The third kappa shape index (κ3) is 2.67. The molecule has 0 saturated carbocycles. The predicted octanol–water partition coefficient (Wildman–Crippen LogP) is 2.05. The lowest BCUT2D eigenvalue weighted by molar-refractivity contribution is 0.451. The van der Waals surface area contributed by atoms with Crippen molar-refractivity contribution in [3.05, 3.63) is 42.0 Å². The van der Waals surface area contributed by atoms with Crippen molar-refractivity contribution in [1.29, 1.82) is 0 Å². The number of hydrogen-bond acceptors (Lipinski definition) is 3. The molecule has 0 radical (unpaired) electrons. The number of rotatable bonds is 5. The zero-order valence-corrected chi connectivity index (χ0v) is 9.11. The van der Waals surface area contributed by atoms with Crippen LogP contribution < -0.4 is 5.73 Å². The SMILES string of the molecule is C=NN(CC)C(=C)c1cccc(CN)c1. The molecular formula is C12H17N3. The second kappa shape index (κ2) is 5.32. The number of nitrogens with two attached hydrogens (primary N) is 1. The summed E-state index contributed by atoms with van der Waals surface area (Å²) in [6.45, 7) is 10.8. The summed E-state index contributed by atoms with van der Waals surface area (Å²) in [6, 6.07) is 7.99. The molecule has 1 aromatic carbocycles. The molecule has 3 heteroatoms. The number of benzene rings is 1. The van der Waals surface area contributed by atoms with Gasteiger partial charge in [-0.15, -0.1) is 0 Å². The van der Waals surface area contributed by atoms with Gasteiger partial charge in [0.15, 0.2) is 0 Å². The quantitative estimate of drug-likeness (QED) is 0.588. The van der Waals surface area contributed by atoms with Crippen LogP contribution in [0.5, 0.6) is 0 Å². The van der Waals surface area contributed by atoms with E-state index in [1.165, 1.54) is 0 Å². The van der Waals surface area contributed by atoms with E-state index in [9.17, 15) is 0 Å². The van der Waals surface area contributed by atoms with E-state index in [0.29, 0.717) is 6.54 Å². The first-order chi connectivity index (χ1) is 7.22. The molecule has 15 heavy (non-hydrogen) atoms. The maximum Gasteiger partial charge on any atom is 0.0594 e. The summed E-state index contributed by atoms with van der Waals surface area (Å²) in [5.41, 5.74) is 8.56. The van der Waals surface area contributed by atoms with E-state index in [0.717, 1.165) is 23.4 Å². The summed E-state index contributed by atoms with van der Waals surface area (Å²) in [5.74, 6) is 0. The van der Waals surface area contributed by atoms with Crippen LogP contribution >= 0.6 is 0 Å². The van der Waals surface area contributed by atoms with Gasteiger partial charge in [-0.2, -0.15) is 5.10 Å². The molecule has 0 aliphatic rings. The van der Waals surface area contributed by atoms with Gasteiger partial charge in [0.05, 0.1) is 5.70 Å². The highest BCUT2D eigenvalue weighted by Gasteiger charge is 2.05. The first-order valence-corrected chi connectivity index (χ1v) is 4.95. The highest BCUT2D eigenvalue weighted by molar-refractivity contribution is 5.62. The van der Waals surface area contributed by atoms with Crippen molar-refractivity contribution in [2.45, 2.75) is 13.5 Å². The van der Waals surface area contributed by atoms with Gasteiger partial charge in [-0.25, -0.2) is 0 Å². The fourth-order valence-electron chi connectivity index (χ4n) is 1.40. The van der Waals surface area contributed by atoms with Crippen LogP contribution in [0.25, 0.3) is 5.70 Å². The third-order valence-corrected chi connectivity index (χ3v) is 2.28. The Bertz CT molecular complexity index is 358. The molecule has 0 aromatic heterocycles. The van der Waals surface area contributed by atoms with E-state index in [4.69, 9.17) is 5.73 Å². The summed E-state index contributed by atoms with van der Waals surface area (Å²) in [7, 11) is 0. The van der Waals surface area contributed by atoms with Crippen molar-refractivity contribution in [3.63, 3.8) is 0 Å². The van der Waals surface area contributed by atoms with Gasteiger partial charge in [0.2, 0.25) is 0 Å². The molecule has 0 fully saturated rings. The van der Waals surface area contributed by atoms with Crippen molar-refractivity contribution in [3.8, 4) is 0 Å². The maximum absolute atomic E-state index is 5.58. The second-order valence-corrected chi connectivity index (χ2v) is 3.21. The molecular weight excluding hydrogens is 186 g/mol. The predicted molar refractivity (Wildman–Crippen MR) is 65.3 cm³/mol. The van der Waals surface area contributed by atoms with Crippen LogP contribution in [0.2, 0.25) is 0 Å². The van der Waals surface area contributed by atoms with E-state index in [1.54, 1.807) is 5.01 Å². The summed E-state index contributed by atoms with van der Waals surface area (Å²) in [4.78, 5) is 0. The van der Waals surface area contributed by atoms with Crippen LogP contribution in [0.4, 0.5) is 0 Å². The largest absolute Gasteiger partial charge is 0.326 e. The topological polar surface area (TPSA) is 41.6 Å². The minimum Gasteiger partial charge on any atom is -0.326 e. The highest BCUT2D eigenvalue weighted by atomic mass is 15.4. The lowest BCUT2D eigenvalue weighted by atomic mass is 10.1. The second-order valence-electron chi connectivity index (χ2n) is 3.21. The molecule has 0 bridgehead atoms. The van der Waals surface area contributed by atoms with E-state index in [1.807, 2.05) is 31.2 Å². The third-order valence-electron chi connectivity index (χ3n) is 2.28. The minimum atomic E-state index is 0.536. The van der Waals surface area contributed by atoms with Gasteiger partial charge in [0.1, 0.15) is 0 Å². The van der Waals surface area contributed by atoms with E-state index in [-0.39, 0.29) is 0 Å². The van der Waals surface area contributed by atoms with Gasteiger partial charge in [-0.1, -0.05) is 24.8 Å². The average molecular weight is 203 g/mol. The molecule has 0 aliphatic heterocycles. The van der Waals surface area contributed by atoms with Gasteiger partial charge < -0.3 is 5.73 Å². The first-order valence-electron chi connectivity index (χ1n) is 4.95.